The fraction of sp³-hybridized carbons (Fsp3) is 0.235. The topological polar surface area (TPSA) is 47.6 Å². The van der Waals surface area contributed by atoms with E-state index in [1.54, 1.807) is 6.21 Å². The lowest BCUT2D eigenvalue weighted by Gasteiger charge is -2.14. The molecule has 2 aromatic rings. The Morgan fingerprint density at radius 3 is 2.38 bits per heavy atom. The highest BCUT2D eigenvalue weighted by atomic mass is 35.5. The first-order valence-corrected chi connectivity index (χ1v) is 7.40. The van der Waals surface area contributed by atoms with Crippen LogP contribution in [0.4, 0.5) is 5.69 Å². The van der Waals surface area contributed by atoms with Crippen LogP contribution in [0.25, 0.3) is 0 Å². The van der Waals surface area contributed by atoms with Crippen LogP contribution in [0.3, 0.4) is 0 Å². The van der Waals surface area contributed by atoms with E-state index in [1.807, 2.05) is 48.5 Å². The highest BCUT2D eigenvalue weighted by Crippen LogP contribution is 2.43. The molecular formula is C17H17ClN2O. The number of nitrogens with two attached hydrogens (primary N) is 1. The van der Waals surface area contributed by atoms with Gasteiger partial charge in [-0.3, -0.25) is 0 Å². The van der Waals surface area contributed by atoms with E-state index >= 15 is 0 Å². The smallest absolute Gasteiger partial charge is 0.155 e. The summed E-state index contributed by atoms with van der Waals surface area (Å²) in [5.41, 5.74) is 8.58. The van der Waals surface area contributed by atoms with E-state index in [1.165, 1.54) is 12.8 Å². The molecule has 1 aliphatic rings. The lowest BCUT2D eigenvalue weighted by atomic mass is 10.1. The maximum Gasteiger partial charge on any atom is 0.155 e. The summed E-state index contributed by atoms with van der Waals surface area (Å²) in [7, 11) is 0. The SMILES string of the molecule is Nc1ccc(C(ON=Cc2ccc(Cl)cc2)C2CC2)cc1. The summed E-state index contributed by atoms with van der Waals surface area (Å²) in [5.74, 6) is 0.552. The molecule has 1 atom stereocenters. The molecule has 1 fully saturated rings. The predicted molar refractivity (Wildman–Crippen MR) is 86.5 cm³/mol. The molecule has 0 saturated heterocycles. The van der Waals surface area contributed by atoms with Gasteiger partial charge >= 0.3 is 0 Å². The van der Waals surface area contributed by atoms with Crippen molar-refractivity contribution in [1.29, 1.82) is 0 Å². The normalized spacial score (nSPS) is 16.0. The van der Waals surface area contributed by atoms with Gasteiger partial charge in [-0.25, -0.2) is 0 Å². The molecule has 21 heavy (non-hydrogen) atoms. The lowest BCUT2D eigenvalue weighted by molar-refractivity contribution is 0.0434. The average molecular weight is 301 g/mol. The molecule has 0 aliphatic heterocycles. The number of benzene rings is 2. The standard InChI is InChI=1S/C17H17ClN2O/c18-15-7-1-12(2-8-15)11-20-21-17(13-3-4-13)14-5-9-16(19)10-6-14/h1-2,5-11,13,17H,3-4,19H2. The first kappa shape index (κ1) is 14.0. The van der Waals surface area contributed by atoms with Crippen LogP contribution in [0, 0.1) is 5.92 Å². The van der Waals surface area contributed by atoms with Crippen LogP contribution in [0.2, 0.25) is 5.02 Å². The Kier molecular flexibility index (Phi) is 4.11. The minimum Gasteiger partial charge on any atom is -0.399 e. The van der Waals surface area contributed by atoms with Crippen LogP contribution in [0.1, 0.15) is 30.1 Å². The Hall–Kier alpha value is -2.00. The zero-order valence-corrected chi connectivity index (χ0v) is 12.3. The molecule has 0 spiro atoms. The summed E-state index contributed by atoms with van der Waals surface area (Å²) in [5, 5.41) is 4.85. The predicted octanol–water partition coefficient (Wildman–Crippen LogP) is 4.42. The second-order valence-electron chi connectivity index (χ2n) is 5.32. The molecule has 3 nitrogen and oxygen atoms in total. The van der Waals surface area contributed by atoms with Crippen LogP contribution in [-0.2, 0) is 4.84 Å². The number of anilines is 1. The fourth-order valence-corrected chi connectivity index (χ4v) is 2.34. The van der Waals surface area contributed by atoms with Crippen molar-refractivity contribution in [2.75, 3.05) is 5.73 Å². The Morgan fingerprint density at radius 2 is 1.76 bits per heavy atom. The molecule has 0 bridgehead atoms. The van der Waals surface area contributed by atoms with Crippen LogP contribution in [0.15, 0.2) is 53.7 Å². The molecule has 0 radical (unpaired) electrons. The van der Waals surface area contributed by atoms with Crippen molar-refractivity contribution in [3.05, 3.63) is 64.7 Å². The number of hydrogen-bond acceptors (Lipinski definition) is 3. The van der Waals surface area contributed by atoms with Gasteiger partial charge in [-0.15, -0.1) is 0 Å². The van der Waals surface area contributed by atoms with Crippen LogP contribution in [-0.4, -0.2) is 6.21 Å². The summed E-state index contributed by atoms with van der Waals surface area (Å²) >= 11 is 5.85. The Labute approximate surface area is 129 Å². The molecule has 0 amide bonds. The van der Waals surface area contributed by atoms with Crippen molar-refractivity contribution < 1.29 is 4.84 Å². The van der Waals surface area contributed by atoms with Gasteiger partial charge in [0.25, 0.3) is 0 Å². The van der Waals surface area contributed by atoms with Crippen LogP contribution < -0.4 is 5.73 Å². The number of nitrogen functional groups attached to an aromatic ring is 1. The second-order valence-corrected chi connectivity index (χ2v) is 5.75. The van der Waals surface area contributed by atoms with Gasteiger partial charge in [0.15, 0.2) is 6.10 Å². The molecule has 1 aliphatic carbocycles. The third-order valence-corrected chi connectivity index (χ3v) is 3.81. The molecule has 0 aromatic heterocycles. The number of halogens is 1. The first-order chi connectivity index (χ1) is 10.2. The van der Waals surface area contributed by atoms with Gasteiger partial charge in [0.05, 0.1) is 6.21 Å². The van der Waals surface area contributed by atoms with Gasteiger partial charge in [0, 0.05) is 16.6 Å². The van der Waals surface area contributed by atoms with Crippen molar-refractivity contribution in [3.63, 3.8) is 0 Å². The third-order valence-electron chi connectivity index (χ3n) is 3.56. The van der Waals surface area contributed by atoms with Crippen molar-refractivity contribution >= 4 is 23.5 Å². The van der Waals surface area contributed by atoms with Crippen LogP contribution in [0.5, 0.6) is 0 Å². The summed E-state index contributed by atoms with van der Waals surface area (Å²) in [6.45, 7) is 0. The summed E-state index contributed by atoms with van der Waals surface area (Å²) in [4.78, 5) is 5.72. The van der Waals surface area contributed by atoms with E-state index < -0.39 is 0 Å². The summed E-state index contributed by atoms with van der Waals surface area (Å²) < 4.78 is 0. The van der Waals surface area contributed by atoms with Gasteiger partial charge in [0.2, 0.25) is 0 Å². The molecule has 0 heterocycles. The fourth-order valence-electron chi connectivity index (χ4n) is 2.21. The number of oxime groups is 1. The van der Waals surface area contributed by atoms with Crippen molar-refractivity contribution in [1.82, 2.24) is 0 Å². The highest BCUT2D eigenvalue weighted by Gasteiger charge is 2.34. The zero-order valence-electron chi connectivity index (χ0n) is 11.6. The van der Waals surface area contributed by atoms with Crippen LogP contribution >= 0.6 is 11.6 Å². The Balaban J connectivity index is 1.68. The first-order valence-electron chi connectivity index (χ1n) is 7.02. The molecule has 1 saturated carbocycles. The molecular weight excluding hydrogens is 284 g/mol. The molecule has 3 rings (SSSR count). The maximum absolute atomic E-state index is 5.85. The largest absolute Gasteiger partial charge is 0.399 e. The number of nitrogens with zero attached hydrogens (tertiary/aromatic N) is 1. The molecule has 2 N–H and O–H groups in total. The van der Waals surface area contributed by atoms with E-state index in [0.717, 1.165) is 16.8 Å². The van der Waals surface area contributed by atoms with E-state index in [0.29, 0.717) is 10.9 Å². The van der Waals surface area contributed by atoms with Crippen molar-refractivity contribution in [2.45, 2.75) is 18.9 Å². The summed E-state index contributed by atoms with van der Waals surface area (Å²) in [6, 6.07) is 15.3. The molecule has 2 aromatic carbocycles. The maximum atomic E-state index is 5.85. The zero-order chi connectivity index (χ0) is 14.7. The highest BCUT2D eigenvalue weighted by molar-refractivity contribution is 6.30. The Morgan fingerprint density at radius 1 is 1.10 bits per heavy atom. The van der Waals surface area contributed by atoms with Gasteiger partial charge in [0.1, 0.15) is 0 Å². The lowest BCUT2D eigenvalue weighted by Crippen LogP contribution is -2.03. The van der Waals surface area contributed by atoms with Gasteiger partial charge in [-0.1, -0.05) is 41.0 Å². The number of rotatable bonds is 5. The second kappa shape index (κ2) is 6.19. The average Bonchev–Trinajstić information content (AvgIpc) is 3.31. The quantitative estimate of drug-likeness (QED) is 0.504. The number of hydrogen-bond donors (Lipinski definition) is 1. The minimum absolute atomic E-state index is 0.00847. The van der Waals surface area contributed by atoms with E-state index in [-0.39, 0.29) is 6.10 Å². The van der Waals surface area contributed by atoms with E-state index in [2.05, 4.69) is 5.16 Å². The molecule has 4 heteroatoms. The minimum atomic E-state index is 0.00847. The monoisotopic (exact) mass is 300 g/mol. The molecule has 1 unspecified atom stereocenters. The van der Waals surface area contributed by atoms with E-state index in [4.69, 9.17) is 22.2 Å². The van der Waals surface area contributed by atoms with Crippen molar-refractivity contribution in [3.8, 4) is 0 Å². The van der Waals surface area contributed by atoms with Gasteiger partial charge in [-0.05, 0) is 48.2 Å². The summed E-state index contributed by atoms with van der Waals surface area (Å²) in [6.07, 6.45) is 4.09. The van der Waals surface area contributed by atoms with E-state index in [9.17, 15) is 0 Å². The molecule has 108 valence electrons. The third kappa shape index (κ3) is 3.76. The van der Waals surface area contributed by atoms with Gasteiger partial charge in [-0.2, -0.15) is 0 Å². The van der Waals surface area contributed by atoms with Gasteiger partial charge < -0.3 is 10.6 Å². The van der Waals surface area contributed by atoms with Crippen molar-refractivity contribution in [2.24, 2.45) is 11.1 Å². The Bertz CT molecular complexity index is 618.